The molecule has 6 nitrogen and oxygen atoms in total. The lowest BCUT2D eigenvalue weighted by atomic mass is 9.84. The summed E-state index contributed by atoms with van der Waals surface area (Å²) in [5, 5.41) is 0. The minimum atomic E-state index is 0.0447. The summed E-state index contributed by atoms with van der Waals surface area (Å²) in [5.74, 6) is 0. The third-order valence-electron chi connectivity index (χ3n) is 5.50. The molecule has 0 amide bonds. The average Bonchev–Trinajstić information content (AvgIpc) is 3.21. The monoisotopic (exact) mass is 351 g/mol. The number of likely N-dealkylation sites (tertiary alicyclic amines) is 1. The fourth-order valence-corrected chi connectivity index (χ4v) is 3.94. The molecule has 0 N–H and O–H groups in total. The molecule has 0 aliphatic carbocycles. The van der Waals surface area contributed by atoms with Crippen molar-refractivity contribution in [2.24, 2.45) is 7.05 Å². The molecule has 0 atom stereocenters. The van der Waals surface area contributed by atoms with Crippen molar-refractivity contribution in [3.63, 3.8) is 0 Å². The van der Waals surface area contributed by atoms with E-state index in [-0.39, 0.29) is 5.60 Å². The first-order chi connectivity index (χ1) is 12.6. The summed E-state index contributed by atoms with van der Waals surface area (Å²) in [5.41, 5.74) is 5.62. The third kappa shape index (κ3) is 2.99. The van der Waals surface area contributed by atoms with Gasteiger partial charge in [-0.05, 0) is 37.9 Å². The number of fused-ring (bicyclic) bond motifs is 3. The molecular weight excluding hydrogens is 326 g/mol. The van der Waals surface area contributed by atoms with Crippen molar-refractivity contribution in [2.45, 2.75) is 32.0 Å². The minimum absolute atomic E-state index is 0.0447. The number of imidazole rings is 1. The standard InChI is InChI=1S/C13H17NO.C7H8N4/c1-14-8-6-13(7-9-14)12-5-3-2-4-11(12)10-15-13;1-5-6-7(9-3-8-5)10-4-11(6)2/h2-5H,6-10H2,1H3;3-4H,1-2H3. The number of rotatable bonds is 0. The molecule has 2 aliphatic rings. The Morgan fingerprint density at radius 2 is 1.81 bits per heavy atom. The predicted molar refractivity (Wildman–Crippen MR) is 101 cm³/mol. The van der Waals surface area contributed by atoms with E-state index in [1.54, 1.807) is 6.33 Å². The van der Waals surface area contributed by atoms with Gasteiger partial charge in [0.05, 0.1) is 24.2 Å². The van der Waals surface area contributed by atoms with Crippen LogP contribution in [0.1, 0.15) is 29.7 Å². The highest BCUT2D eigenvalue weighted by Gasteiger charge is 2.41. The van der Waals surface area contributed by atoms with E-state index in [1.807, 2.05) is 18.5 Å². The molecule has 1 aromatic carbocycles. The molecule has 2 aromatic heterocycles. The van der Waals surface area contributed by atoms with Crippen molar-refractivity contribution in [2.75, 3.05) is 20.1 Å². The largest absolute Gasteiger partial charge is 0.365 e. The quantitative estimate of drug-likeness (QED) is 0.623. The number of aromatic nitrogens is 4. The fraction of sp³-hybridized carbons (Fsp3) is 0.450. The van der Waals surface area contributed by atoms with Crippen LogP contribution in [0.15, 0.2) is 36.9 Å². The molecular formula is C20H25N5O. The first-order valence-electron chi connectivity index (χ1n) is 9.08. The van der Waals surface area contributed by atoms with Gasteiger partial charge in [0.2, 0.25) is 0 Å². The molecule has 136 valence electrons. The molecule has 4 heterocycles. The summed E-state index contributed by atoms with van der Waals surface area (Å²) in [6.07, 6.45) is 5.55. The maximum atomic E-state index is 6.07. The Labute approximate surface area is 153 Å². The summed E-state index contributed by atoms with van der Waals surface area (Å²) < 4.78 is 7.99. The highest BCUT2D eigenvalue weighted by molar-refractivity contribution is 5.72. The molecule has 26 heavy (non-hydrogen) atoms. The summed E-state index contributed by atoms with van der Waals surface area (Å²) in [6, 6.07) is 8.68. The molecule has 6 heteroatoms. The molecule has 2 aliphatic heterocycles. The number of hydrogen-bond donors (Lipinski definition) is 0. The van der Waals surface area contributed by atoms with Crippen LogP contribution in [0.2, 0.25) is 0 Å². The van der Waals surface area contributed by atoms with E-state index < -0.39 is 0 Å². The number of hydrogen-bond acceptors (Lipinski definition) is 5. The number of aryl methyl sites for hydroxylation is 2. The van der Waals surface area contributed by atoms with E-state index in [9.17, 15) is 0 Å². The molecule has 3 aromatic rings. The molecule has 0 saturated carbocycles. The minimum Gasteiger partial charge on any atom is -0.365 e. The Kier molecular flexibility index (Phi) is 4.46. The zero-order valence-electron chi connectivity index (χ0n) is 15.6. The normalized spacial score (nSPS) is 18.6. The van der Waals surface area contributed by atoms with E-state index >= 15 is 0 Å². The molecule has 0 unspecified atom stereocenters. The first kappa shape index (κ1) is 17.1. The summed E-state index contributed by atoms with van der Waals surface area (Å²) in [7, 11) is 4.12. The Morgan fingerprint density at radius 3 is 2.58 bits per heavy atom. The Morgan fingerprint density at radius 1 is 1.04 bits per heavy atom. The lowest BCUT2D eigenvalue weighted by Gasteiger charge is -2.37. The van der Waals surface area contributed by atoms with Gasteiger partial charge in [-0.3, -0.25) is 0 Å². The smallest absolute Gasteiger partial charge is 0.180 e. The number of piperidine rings is 1. The fourth-order valence-electron chi connectivity index (χ4n) is 3.94. The molecule has 1 saturated heterocycles. The van der Waals surface area contributed by atoms with Crippen molar-refractivity contribution in [3.05, 3.63) is 53.7 Å². The van der Waals surface area contributed by atoms with E-state index in [2.05, 4.69) is 51.2 Å². The van der Waals surface area contributed by atoms with Crippen LogP contribution in [0.3, 0.4) is 0 Å². The van der Waals surface area contributed by atoms with Crippen LogP contribution in [0.5, 0.6) is 0 Å². The van der Waals surface area contributed by atoms with Gasteiger partial charge in [0.25, 0.3) is 0 Å². The van der Waals surface area contributed by atoms with Gasteiger partial charge in [-0.15, -0.1) is 0 Å². The second kappa shape index (κ2) is 6.78. The van der Waals surface area contributed by atoms with Crippen molar-refractivity contribution >= 4 is 11.2 Å². The van der Waals surface area contributed by atoms with Gasteiger partial charge in [-0.2, -0.15) is 0 Å². The highest BCUT2D eigenvalue weighted by Crippen LogP contribution is 2.43. The van der Waals surface area contributed by atoms with E-state index in [0.717, 1.165) is 49.4 Å². The van der Waals surface area contributed by atoms with Gasteiger partial charge in [-0.1, -0.05) is 24.3 Å². The molecule has 0 radical (unpaired) electrons. The van der Waals surface area contributed by atoms with Crippen molar-refractivity contribution in [1.29, 1.82) is 0 Å². The predicted octanol–water partition coefficient (Wildman–Crippen LogP) is 2.81. The third-order valence-corrected chi connectivity index (χ3v) is 5.50. The maximum Gasteiger partial charge on any atom is 0.180 e. The van der Waals surface area contributed by atoms with Crippen LogP contribution in [0.4, 0.5) is 0 Å². The van der Waals surface area contributed by atoms with Crippen LogP contribution >= 0.6 is 0 Å². The average molecular weight is 351 g/mol. The van der Waals surface area contributed by atoms with Gasteiger partial charge >= 0.3 is 0 Å². The molecule has 5 rings (SSSR count). The molecule has 1 spiro atoms. The molecule has 1 fully saturated rings. The van der Waals surface area contributed by atoms with Gasteiger partial charge in [0.15, 0.2) is 5.65 Å². The Hall–Kier alpha value is -2.31. The topological polar surface area (TPSA) is 56.1 Å². The Balaban J connectivity index is 0.000000136. The zero-order valence-corrected chi connectivity index (χ0v) is 15.6. The van der Waals surface area contributed by atoms with Gasteiger partial charge < -0.3 is 14.2 Å². The Bertz CT molecular complexity index is 911. The van der Waals surface area contributed by atoms with E-state index in [0.29, 0.717) is 0 Å². The number of nitrogens with zero attached hydrogens (tertiary/aromatic N) is 5. The van der Waals surface area contributed by atoms with Gasteiger partial charge in [0.1, 0.15) is 11.8 Å². The SMILES string of the molecule is CN1CCC2(CC1)OCc1ccccc12.Cc1ncnc2ncn(C)c12. The molecule has 0 bridgehead atoms. The van der Waals surface area contributed by atoms with Gasteiger partial charge in [0, 0.05) is 20.1 Å². The van der Waals surface area contributed by atoms with Gasteiger partial charge in [-0.25, -0.2) is 15.0 Å². The number of benzene rings is 1. The highest BCUT2D eigenvalue weighted by atomic mass is 16.5. The van der Waals surface area contributed by atoms with Crippen molar-refractivity contribution in [1.82, 2.24) is 24.4 Å². The zero-order chi connectivity index (χ0) is 18.1. The van der Waals surface area contributed by atoms with Crippen molar-refractivity contribution in [3.8, 4) is 0 Å². The second-order valence-corrected chi connectivity index (χ2v) is 7.23. The van der Waals surface area contributed by atoms with Crippen LogP contribution in [-0.2, 0) is 24.0 Å². The van der Waals surface area contributed by atoms with Crippen LogP contribution in [0, 0.1) is 6.92 Å². The summed E-state index contributed by atoms with van der Waals surface area (Å²) in [4.78, 5) is 14.6. The lowest BCUT2D eigenvalue weighted by molar-refractivity contribution is -0.0755. The lowest BCUT2D eigenvalue weighted by Crippen LogP contribution is -2.40. The first-order valence-corrected chi connectivity index (χ1v) is 9.08. The number of ether oxygens (including phenoxy) is 1. The maximum absolute atomic E-state index is 6.07. The summed E-state index contributed by atoms with van der Waals surface area (Å²) >= 11 is 0. The van der Waals surface area contributed by atoms with Crippen LogP contribution in [-0.4, -0.2) is 44.6 Å². The van der Waals surface area contributed by atoms with Crippen LogP contribution in [0.25, 0.3) is 11.2 Å². The summed E-state index contributed by atoms with van der Waals surface area (Å²) in [6.45, 7) is 5.05. The van der Waals surface area contributed by atoms with Crippen LogP contribution < -0.4 is 0 Å². The van der Waals surface area contributed by atoms with E-state index in [4.69, 9.17) is 4.74 Å². The van der Waals surface area contributed by atoms with Crippen molar-refractivity contribution < 1.29 is 4.74 Å². The second-order valence-electron chi connectivity index (χ2n) is 7.23. The van der Waals surface area contributed by atoms with E-state index in [1.165, 1.54) is 17.5 Å².